The van der Waals surface area contributed by atoms with Crippen LogP contribution in [0.2, 0.25) is 0 Å². The minimum Gasteiger partial charge on any atom is -0.317 e. The number of nitrogens with one attached hydrogen (secondary N) is 2. The highest BCUT2D eigenvalue weighted by Gasteiger charge is 2.02. The molecule has 0 amide bonds. The third-order valence-corrected chi connectivity index (χ3v) is 2.54. The minimum atomic E-state index is -0.523. The quantitative estimate of drug-likeness (QED) is 0.682. The van der Waals surface area contributed by atoms with E-state index in [4.69, 9.17) is 0 Å². The Balaban J connectivity index is 2.14. The van der Waals surface area contributed by atoms with Gasteiger partial charge in [-0.15, -0.1) is 0 Å². The Bertz CT molecular complexity index is 329. The molecule has 0 saturated carbocycles. The zero-order chi connectivity index (χ0) is 12.5. The zero-order valence-corrected chi connectivity index (χ0v) is 10.2. The van der Waals surface area contributed by atoms with E-state index in [-0.39, 0.29) is 0 Å². The van der Waals surface area contributed by atoms with Gasteiger partial charge in [-0.05, 0) is 50.7 Å². The van der Waals surface area contributed by atoms with Gasteiger partial charge in [0.15, 0.2) is 0 Å². The van der Waals surface area contributed by atoms with Crippen LogP contribution in [-0.2, 0) is 6.42 Å². The van der Waals surface area contributed by atoms with Gasteiger partial charge in [-0.1, -0.05) is 13.0 Å². The fraction of sp³-hybridized carbons (Fsp3) is 0.538. The summed E-state index contributed by atoms with van der Waals surface area (Å²) in [5.74, 6) is -0.982. The fourth-order valence-corrected chi connectivity index (χ4v) is 1.59. The summed E-state index contributed by atoms with van der Waals surface area (Å²) in [7, 11) is 0. The van der Waals surface area contributed by atoms with Crippen LogP contribution >= 0.6 is 0 Å². The van der Waals surface area contributed by atoms with Crippen molar-refractivity contribution in [2.24, 2.45) is 0 Å². The molecule has 0 radical (unpaired) electrons. The van der Waals surface area contributed by atoms with E-state index in [1.54, 1.807) is 0 Å². The first-order valence-electron chi connectivity index (χ1n) is 6.09. The molecule has 1 aromatic carbocycles. The summed E-state index contributed by atoms with van der Waals surface area (Å²) >= 11 is 0. The van der Waals surface area contributed by atoms with E-state index < -0.39 is 11.6 Å². The largest absolute Gasteiger partial charge is 0.317 e. The molecule has 96 valence electrons. The van der Waals surface area contributed by atoms with Gasteiger partial charge in [0, 0.05) is 6.07 Å². The Kier molecular flexibility index (Phi) is 6.74. The van der Waals surface area contributed by atoms with Crippen LogP contribution in [-0.4, -0.2) is 26.2 Å². The van der Waals surface area contributed by atoms with Crippen molar-refractivity contribution in [1.82, 2.24) is 10.6 Å². The van der Waals surface area contributed by atoms with Crippen LogP contribution in [0.1, 0.15) is 18.9 Å². The highest BCUT2D eigenvalue weighted by Crippen LogP contribution is 2.09. The Morgan fingerprint density at radius 1 is 1.06 bits per heavy atom. The van der Waals surface area contributed by atoms with E-state index in [9.17, 15) is 8.78 Å². The van der Waals surface area contributed by atoms with Gasteiger partial charge in [0.1, 0.15) is 11.6 Å². The van der Waals surface area contributed by atoms with E-state index in [0.29, 0.717) is 18.5 Å². The Morgan fingerprint density at radius 2 is 1.82 bits per heavy atom. The molecule has 1 rings (SSSR count). The molecule has 2 N–H and O–H groups in total. The predicted molar refractivity (Wildman–Crippen MR) is 66.1 cm³/mol. The van der Waals surface area contributed by atoms with Crippen molar-refractivity contribution in [2.75, 3.05) is 26.2 Å². The highest BCUT2D eigenvalue weighted by atomic mass is 19.1. The van der Waals surface area contributed by atoms with Crippen LogP contribution in [0.5, 0.6) is 0 Å². The number of hydrogen-bond acceptors (Lipinski definition) is 2. The van der Waals surface area contributed by atoms with Gasteiger partial charge in [0.05, 0.1) is 0 Å². The van der Waals surface area contributed by atoms with Gasteiger partial charge < -0.3 is 10.6 Å². The minimum absolute atomic E-state index is 0.459. The first-order chi connectivity index (χ1) is 8.24. The summed E-state index contributed by atoms with van der Waals surface area (Å²) in [6, 6.07) is 3.73. The van der Waals surface area contributed by atoms with Gasteiger partial charge in [0.25, 0.3) is 0 Å². The monoisotopic (exact) mass is 242 g/mol. The number of benzene rings is 1. The van der Waals surface area contributed by atoms with Crippen LogP contribution in [0.15, 0.2) is 18.2 Å². The average Bonchev–Trinajstić information content (AvgIpc) is 2.30. The van der Waals surface area contributed by atoms with Crippen molar-refractivity contribution in [1.29, 1.82) is 0 Å². The second-order valence-corrected chi connectivity index (χ2v) is 3.94. The number of rotatable bonds is 8. The normalized spacial score (nSPS) is 10.8. The first kappa shape index (κ1) is 14.1. The molecule has 0 atom stereocenters. The zero-order valence-electron chi connectivity index (χ0n) is 10.2. The maximum atomic E-state index is 13.2. The lowest BCUT2D eigenvalue weighted by molar-refractivity contribution is 0.562. The van der Waals surface area contributed by atoms with E-state index >= 15 is 0 Å². The molecule has 2 nitrogen and oxygen atoms in total. The molecule has 4 heteroatoms. The van der Waals surface area contributed by atoms with Crippen LogP contribution in [0, 0.1) is 11.6 Å². The molecular formula is C13H20F2N2. The van der Waals surface area contributed by atoms with Crippen molar-refractivity contribution in [2.45, 2.75) is 19.8 Å². The fourth-order valence-electron chi connectivity index (χ4n) is 1.59. The Hall–Kier alpha value is -1.00. The summed E-state index contributed by atoms with van der Waals surface area (Å²) < 4.78 is 25.9. The second kappa shape index (κ2) is 8.14. The van der Waals surface area contributed by atoms with Crippen molar-refractivity contribution >= 4 is 0 Å². The highest BCUT2D eigenvalue weighted by molar-refractivity contribution is 5.18. The van der Waals surface area contributed by atoms with Crippen LogP contribution < -0.4 is 10.6 Å². The van der Waals surface area contributed by atoms with Crippen LogP contribution in [0.4, 0.5) is 8.78 Å². The molecule has 0 aliphatic rings. The molecule has 1 aromatic rings. The van der Waals surface area contributed by atoms with Gasteiger partial charge in [-0.3, -0.25) is 0 Å². The van der Waals surface area contributed by atoms with E-state index in [1.165, 1.54) is 12.1 Å². The van der Waals surface area contributed by atoms with Gasteiger partial charge >= 0.3 is 0 Å². The lowest BCUT2D eigenvalue weighted by atomic mass is 10.1. The maximum Gasteiger partial charge on any atom is 0.129 e. The summed E-state index contributed by atoms with van der Waals surface area (Å²) in [4.78, 5) is 0. The third kappa shape index (κ3) is 5.75. The van der Waals surface area contributed by atoms with Gasteiger partial charge in [-0.25, -0.2) is 8.78 Å². The maximum absolute atomic E-state index is 13.2. The molecular weight excluding hydrogens is 222 g/mol. The van der Waals surface area contributed by atoms with Crippen LogP contribution in [0.25, 0.3) is 0 Å². The van der Waals surface area contributed by atoms with Crippen LogP contribution in [0.3, 0.4) is 0 Å². The molecule has 0 aliphatic carbocycles. The summed E-state index contributed by atoms with van der Waals surface area (Å²) in [6.07, 6.45) is 1.65. The summed E-state index contributed by atoms with van der Waals surface area (Å²) in [6.45, 7) is 5.68. The lowest BCUT2D eigenvalue weighted by Crippen LogP contribution is -2.23. The lowest BCUT2D eigenvalue weighted by Gasteiger charge is -2.06. The van der Waals surface area contributed by atoms with E-state index in [2.05, 4.69) is 17.6 Å². The topological polar surface area (TPSA) is 24.1 Å². The SMILES string of the molecule is CCNCCCNCCc1ccc(F)cc1F. The van der Waals surface area contributed by atoms with Crippen molar-refractivity contribution < 1.29 is 8.78 Å². The first-order valence-corrected chi connectivity index (χ1v) is 6.09. The number of halogens is 2. The second-order valence-electron chi connectivity index (χ2n) is 3.94. The molecule has 0 saturated heterocycles. The summed E-state index contributed by atoms with van der Waals surface area (Å²) in [5, 5.41) is 6.46. The third-order valence-electron chi connectivity index (χ3n) is 2.54. The smallest absolute Gasteiger partial charge is 0.129 e. The molecule has 0 unspecified atom stereocenters. The molecule has 0 bridgehead atoms. The van der Waals surface area contributed by atoms with Gasteiger partial charge in [0.2, 0.25) is 0 Å². The molecule has 0 aromatic heterocycles. The molecule has 17 heavy (non-hydrogen) atoms. The summed E-state index contributed by atoms with van der Waals surface area (Å²) in [5.41, 5.74) is 0.561. The predicted octanol–water partition coefficient (Wildman–Crippen LogP) is 2.10. The standard InChI is InChI=1S/C13H20F2N2/c1-2-16-7-3-8-17-9-6-11-4-5-12(14)10-13(11)15/h4-5,10,16-17H,2-3,6-9H2,1H3. The molecule has 0 heterocycles. The van der Waals surface area contributed by atoms with Crippen molar-refractivity contribution in [3.8, 4) is 0 Å². The number of hydrogen-bond donors (Lipinski definition) is 2. The molecule has 0 spiro atoms. The molecule has 0 fully saturated rings. The average molecular weight is 242 g/mol. The molecule has 0 aliphatic heterocycles. The van der Waals surface area contributed by atoms with Gasteiger partial charge in [-0.2, -0.15) is 0 Å². The Labute approximate surface area is 101 Å². The van der Waals surface area contributed by atoms with Crippen molar-refractivity contribution in [3.63, 3.8) is 0 Å². The van der Waals surface area contributed by atoms with Crippen molar-refractivity contribution in [3.05, 3.63) is 35.4 Å². The van der Waals surface area contributed by atoms with E-state index in [1.807, 2.05) is 0 Å². The Morgan fingerprint density at radius 3 is 2.53 bits per heavy atom. The van der Waals surface area contributed by atoms with E-state index in [0.717, 1.165) is 32.1 Å².